The van der Waals surface area contributed by atoms with Gasteiger partial charge in [0, 0.05) is 49.2 Å². The van der Waals surface area contributed by atoms with Crippen LogP contribution in [-0.2, 0) is 15.9 Å². The molecule has 0 bridgehead atoms. The van der Waals surface area contributed by atoms with Gasteiger partial charge in [0.25, 0.3) is 0 Å². The highest BCUT2D eigenvalue weighted by atomic mass is 35.5. The summed E-state index contributed by atoms with van der Waals surface area (Å²) in [6.07, 6.45) is 8.34. The van der Waals surface area contributed by atoms with Gasteiger partial charge >= 0.3 is 0 Å². The number of sulfonamides is 1. The number of nitrogens with zero attached hydrogens (tertiary/aromatic N) is 4. The molecular formula is C20H28ClN5O2S. The molecule has 0 amide bonds. The SMILES string of the molecule is CS(=O)(=O)N1CCC(Nc2cc3c(N4CCCCC4)nc(CCl)cc3cn2)CC1. The van der Waals surface area contributed by atoms with Crippen molar-refractivity contribution >= 4 is 44.0 Å². The molecule has 0 atom stereocenters. The zero-order valence-corrected chi connectivity index (χ0v) is 18.3. The first-order valence-electron chi connectivity index (χ1n) is 10.3. The van der Waals surface area contributed by atoms with E-state index < -0.39 is 10.0 Å². The van der Waals surface area contributed by atoms with Crippen LogP contribution in [-0.4, -0.2) is 61.2 Å². The highest BCUT2D eigenvalue weighted by Crippen LogP contribution is 2.30. The second kappa shape index (κ2) is 8.62. The van der Waals surface area contributed by atoms with Crippen molar-refractivity contribution < 1.29 is 8.42 Å². The fraction of sp³-hybridized carbons (Fsp3) is 0.600. The Morgan fingerprint density at radius 1 is 1.14 bits per heavy atom. The molecule has 0 aromatic carbocycles. The van der Waals surface area contributed by atoms with Gasteiger partial charge in [0.1, 0.15) is 11.6 Å². The first-order chi connectivity index (χ1) is 13.9. The lowest BCUT2D eigenvalue weighted by molar-refractivity contribution is 0.331. The highest BCUT2D eigenvalue weighted by molar-refractivity contribution is 7.88. The quantitative estimate of drug-likeness (QED) is 0.723. The summed E-state index contributed by atoms with van der Waals surface area (Å²) in [7, 11) is -3.11. The Balaban J connectivity index is 1.57. The van der Waals surface area contributed by atoms with Crippen LogP contribution in [0.15, 0.2) is 18.3 Å². The van der Waals surface area contributed by atoms with E-state index in [2.05, 4.69) is 21.3 Å². The number of hydrogen-bond acceptors (Lipinski definition) is 6. The predicted octanol–water partition coefficient (Wildman–Crippen LogP) is 3.19. The fourth-order valence-corrected chi connectivity index (χ4v) is 5.23. The number of nitrogens with one attached hydrogen (secondary N) is 1. The molecule has 7 nitrogen and oxygen atoms in total. The summed E-state index contributed by atoms with van der Waals surface area (Å²) in [5, 5.41) is 5.64. The summed E-state index contributed by atoms with van der Waals surface area (Å²) in [6, 6.07) is 4.30. The van der Waals surface area contributed by atoms with Gasteiger partial charge in [0.15, 0.2) is 0 Å². The van der Waals surface area contributed by atoms with Crippen LogP contribution < -0.4 is 10.2 Å². The lowest BCUT2D eigenvalue weighted by atomic mass is 10.1. The number of fused-ring (bicyclic) bond motifs is 1. The van der Waals surface area contributed by atoms with Gasteiger partial charge in [-0.25, -0.2) is 22.7 Å². The topological polar surface area (TPSA) is 78.4 Å². The van der Waals surface area contributed by atoms with Crippen LogP contribution in [0.5, 0.6) is 0 Å². The minimum absolute atomic E-state index is 0.214. The van der Waals surface area contributed by atoms with Gasteiger partial charge in [-0.15, -0.1) is 11.6 Å². The molecule has 0 spiro atoms. The molecule has 2 saturated heterocycles. The van der Waals surface area contributed by atoms with Gasteiger partial charge in [-0.05, 0) is 44.2 Å². The van der Waals surface area contributed by atoms with Crippen molar-refractivity contribution in [3.05, 3.63) is 24.0 Å². The molecule has 2 aliphatic heterocycles. The Morgan fingerprint density at radius 3 is 2.52 bits per heavy atom. The van der Waals surface area contributed by atoms with E-state index in [-0.39, 0.29) is 6.04 Å². The second-order valence-corrected chi connectivity index (χ2v) is 10.2. The third-order valence-electron chi connectivity index (χ3n) is 5.81. The van der Waals surface area contributed by atoms with Crippen molar-refractivity contribution in [1.29, 1.82) is 0 Å². The summed E-state index contributed by atoms with van der Waals surface area (Å²) in [5.41, 5.74) is 0.871. The van der Waals surface area contributed by atoms with Crippen LogP contribution >= 0.6 is 11.6 Å². The fourth-order valence-electron chi connectivity index (χ4n) is 4.22. The minimum atomic E-state index is -3.11. The maximum absolute atomic E-state index is 11.7. The molecule has 2 fully saturated rings. The molecule has 0 unspecified atom stereocenters. The number of pyridine rings is 2. The van der Waals surface area contributed by atoms with Crippen molar-refractivity contribution in [2.24, 2.45) is 0 Å². The number of halogens is 1. The molecule has 2 aromatic heterocycles. The molecule has 0 saturated carbocycles. The van der Waals surface area contributed by atoms with E-state index >= 15 is 0 Å². The normalized spacial score (nSPS) is 19.6. The molecule has 158 valence electrons. The van der Waals surface area contributed by atoms with Crippen molar-refractivity contribution in [2.45, 2.75) is 44.0 Å². The molecule has 9 heteroatoms. The average molecular weight is 438 g/mol. The van der Waals surface area contributed by atoms with E-state index in [4.69, 9.17) is 16.6 Å². The molecule has 0 aliphatic carbocycles. The van der Waals surface area contributed by atoms with Crippen LogP contribution in [0.3, 0.4) is 0 Å². The van der Waals surface area contributed by atoms with Gasteiger partial charge < -0.3 is 10.2 Å². The largest absolute Gasteiger partial charge is 0.367 e. The van der Waals surface area contributed by atoms with E-state index in [1.165, 1.54) is 25.5 Å². The summed E-state index contributed by atoms with van der Waals surface area (Å²) >= 11 is 6.08. The summed E-state index contributed by atoms with van der Waals surface area (Å²) in [6.45, 7) is 3.12. The lowest BCUT2D eigenvalue weighted by Gasteiger charge is -2.31. The standard InChI is InChI=1S/C20H28ClN5O2S/c1-29(27,28)26-9-5-16(6-10-26)23-19-12-18-15(14-22-19)11-17(13-21)24-20(18)25-7-3-2-4-8-25/h11-12,14,16H,2-10,13H2,1H3,(H,22,23). The number of hydrogen-bond donors (Lipinski definition) is 1. The summed E-state index contributed by atoms with van der Waals surface area (Å²) in [5.74, 6) is 2.19. The van der Waals surface area contributed by atoms with Gasteiger partial charge in [-0.2, -0.15) is 0 Å². The van der Waals surface area contributed by atoms with E-state index in [1.54, 1.807) is 4.31 Å². The zero-order chi connectivity index (χ0) is 20.4. The monoisotopic (exact) mass is 437 g/mol. The summed E-state index contributed by atoms with van der Waals surface area (Å²) < 4.78 is 25.0. The lowest BCUT2D eigenvalue weighted by Crippen LogP contribution is -2.41. The van der Waals surface area contributed by atoms with Crippen LogP contribution in [0.4, 0.5) is 11.6 Å². The first-order valence-corrected chi connectivity index (χ1v) is 12.6. The minimum Gasteiger partial charge on any atom is -0.367 e. The Labute approximate surface area is 177 Å². The average Bonchev–Trinajstić information content (AvgIpc) is 2.73. The van der Waals surface area contributed by atoms with E-state index in [9.17, 15) is 8.42 Å². The van der Waals surface area contributed by atoms with Crippen molar-refractivity contribution in [3.8, 4) is 0 Å². The second-order valence-electron chi connectivity index (χ2n) is 7.99. The Hall–Kier alpha value is -1.64. The smallest absolute Gasteiger partial charge is 0.211 e. The molecular weight excluding hydrogens is 410 g/mol. The molecule has 2 aliphatic rings. The van der Waals surface area contributed by atoms with E-state index in [0.29, 0.717) is 19.0 Å². The number of anilines is 2. The number of piperidine rings is 2. The van der Waals surface area contributed by atoms with Gasteiger partial charge in [0.2, 0.25) is 10.0 Å². The molecule has 2 aromatic rings. The maximum atomic E-state index is 11.7. The summed E-state index contributed by atoms with van der Waals surface area (Å²) in [4.78, 5) is 11.8. The highest BCUT2D eigenvalue weighted by Gasteiger charge is 2.25. The Morgan fingerprint density at radius 2 is 1.86 bits per heavy atom. The van der Waals surface area contributed by atoms with Gasteiger partial charge in [0.05, 0.1) is 17.8 Å². The third-order valence-corrected chi connectivity index (χ3v) is 7.39. The van der Waals surface area contributed by atoms with Crippen LogP contribution in [0.2, 0.25) is 0 Å². The van der Waals surface area contributed by atoms with Crippen LogP contribution in [0.25, 0.3) is 10.8 Å². The van der Waals surface area contributed by atoms with E-state index in [1.807, 2.05) is 12.3 Å². The first kappa shape index (κ1) is 20.6. The molecule has 1 N–H and O–H groups in total. The molecule has 0 radical (unpaired) electrons. The van der Waals surface area contributed by atoms with Crippen molar-refractivity contribution in [2.75, 3.05) is 42.7 Å². The predicted molar refractivity (Wildman–Crippen MR) is 118 cm³/mol. The maximum Gasteiger partial charge on any atom is 0.211 e. The van der Waals surface area contributed by atoms with Gasteiger partial charge in [-0.3, -0.25) is 0 Å². The number of alkyl halides is 1. The number of rotatable bonds is 5. The van der Waals surface area contributed by atoms with Crippen LogP contribution in [0, 0.1) is 0 Å². The van der Waals surface area contributed by atoms with Crippen LogP contribution in [0.1, 0.15) is 37.8 Å². The number of aromatic nitrogens is 2. The molecule has 29 heavy (non-hydrogen) atoms. The molecule has 4 heterocycles. The van der Waals surface area contributed by atoms with Crippen molar-refractivity contribution in [1.82, 2.24) is 14.3 Å². The van der Waals surface area contributed by atoms with E-state index in [0.717, 1.165) is 54.0 Å². The zero-order valence-electron chi connectivity index (χ0n) is 16.8. The Kier molecular flexibility index (Phi) is 6.13. The van der Waals surface area contributed by atoms with Gasteiger partial charge in [-0.1, -0.05) is 0 Å². The third kappa shape index (κ3) is 4.75. The van der Waals surface area contributed by atoms with Crippen molar-refractivity contribution in [3.63, 3.8) is 0 Å². The Bertz CT molecular complexity index is 970. The molecule has 4 rings (SSSR count).